The van der Waals surface area contributed by atoms with Gasteiger partial charge in [0.2, 0.25) is 0 Å². The number of halogens is 2. The lowest BCUT2D eigenvalue weighted by Gasteiger charge is -2.48. The van der Waals surface area contributed by atoms with E-state index < -0.39 is 6.61 Å². The maximum absolute atomic E-state index is 12.9. The average Bonchev–Trinajstić information content (AvgIpc) is 2.80. The van der Waals surface area contributed by atoms with Crippen LogP contribution in [-0.4, -0.2) is 48.8 Å². The quantitative estimate of drug-likeness (QED) is 0.612. The number of benzene rings is 2. The molecule has 7 heteroatoms. The molecule has 5 nitrogen and oxygen atoms in total. The molecule has 2 saturated heterocycles. The lowest BCUT2D eigenvalue weighted by atomic mass is 9.80. The predicted octanol–water partition coefficient (Wildman–Crippen LogP) is 5.22. The molecule has 172 valence electrons. The Labute approximate surface area is 187 Å². The molecular formula is C25H29F2NO4. The smallest absolute Gasteiger partial charge is 0.387 e. The summed E-state index contributed by atoms with van der Waals surface area (Å²) < 4.78 is 41.7. The van der Waals surface area contributed by atoms with Crippen LogP contribution in [0.25, 0.3) is 0 Å². The Morgan fingerprint density at radius 2 is 1.81 bits per heavy atom. The molecule has 1 spiro atoms. The number of nitrogens with zero attached hydrogens (tertiary/aromatic N) is 1. The maximum Gasteiger partial charge on any atom is 0.387 e. The van der Waals surface area contributed by atoms with Crippen molar-refractivity contribution in [2.75, 3.05) is 19.7 Å². The summed E-state index contributed by atoms with van der Waals surface area (Å²) in [5, 5.41) is 0. The third-order valence-corrected chi connectivity index (χ3v) is 6.33. The van der Waals surface area contributed by atoms with E-state index in [1.807, 2.05) is 25.1 Å². The molecule has 0 saturated carbocycles. The van der Waals surface area contributed by atoms with Crippen molar-refractivity contribution < 1.29 is 27.8 Å². The van der Waals surface area contributed by atoms with Gasteiger partial charge in [0.15, 0.2) is 0 Å². The van der Waals surface area contributed by atoms with Gasteiger partial charge >= 0.3 is 6.61 Å². The molecule has 2 aromatic carbocycles. The molecule has 2 atom stereocenters. The van der Waals surface area contributed by atoms with Crippen molar-refractivity contribution in [2.45, 2.75) is 57.0 Å². The largest absolute Gasteiger partial charge is 0.435 e. The van der Waals surface area contributed by atoms with Gasteiger partial charge < -0.3 is 19.1 Å². The summed E-state index contributed by atoms with van der Waals surface area (Å²) in [6, 6.07) is 16.1. The van der Waals surface area contributed by atoms with Gasteiger partial charge in [-0.2, -0.15) is 8.78 Å². The molecule has 1 amide bonds. The standard InChI is InChI=1S/C25H29F2NO4/c1-2-30-21-16-22(18-6-4-3-5-7-18)32-25(17-21)12-14-28(15-13-25)23(29)19-8-10-20(11-9-19)31-24(26)27/h3-11,21-22,24H,2,12-17H2,1H3. The Morgan fingerprint density at radius 1 is 1.12 bits per heavy atom. The van der Waals surface area contributed by atoms with Crippen LogP contribution in [0.5, 0.6) is 5.75 Å². The minimum atomic E-state index is -2.88. The van der Waals surface area contributed by atoms with Crippen molar-refractivity contribution in [1.82, 2.24) is 4.90 Å². The topological polar surface area (TPSA) is 48.0 Å². The number of amides is 1. The van der Waals surface area contributed by atoms with Crippen LogP contribution in [0, 0.1) is 0 Å². The second kappa shape index (κ2) is 9.96. The highest BCUT2D eigenvalue weighted by Gasteiger charge is 2.45. The molecule has 4 rings (SSSR count). The van der Waals surface area contributed by atoms with Gasteiger partial charge in [0.1, 0.15) is 5.75 Å². The van der Waals surface area contributed by atoms with Gasteiger partial charge in [-0.25, -0.2) is 0 Å². The molecule has 0 bridgehead atoms. The lowest BCUT2D eigenvalue weighted by molar-refractivity contribution is -0.190. The lowest BCUT2D eigenvalue weighted by Crippen LogP contribution is -2.52. The normalized spacial score (nSPS) is 22.8. The number of rotatable bonds is 6. The minimum Gasteiger partial charge on any atom is -0.435 e. The number of piperidine rings is 1. The molecule has 2 fully saturated rings. The van der Waals surface area contributed by atoms with Crippen LogP contribution in [-0.2, 0) is 9.47 Å². The fourth-order valence-electron chi connectivity index (χ4n) is 4.77. The highest BCUT2D eigenvalue weighted by Crippen LogP contribution is 2.44. The van der Waals surface area contributed by atoms with E-state index >= 15 is 0 Å². The third kappa shape index (κ3) is 5.27. The van der Waals surface area contributed by atoms with Crippen LogP contribution in [0.3, 0.4) is 0 Å². The van der Waals surface area contributed by atoms with E-state index in [4.69, 9.17) is 9.47 Å². The van der Waals surface area contributed by atoms with Crippen molar-refractivity contribution >= 4 is 5.91 Å². The van der Waals surface area contributed by atoms with E-state index in [-0.39, 0.29) is 29.5 Å². The Kier molecular flexibility index (Phi) is 7.06. The first-order valence-electron chi connectivity index (χ1n) is 11.2. The van der Waals surface area contributed by atoms with E-state index in [1.54, 1.807) is 4.90 Å². The first-order chi connectivity index (χ1) is 15.5. The number of hydrogen-bond acceptors (Lipinski definition) is 4. The number of hydrogen-bond donors (Lipinski definition) is 0. The molecule has 0 radical (unpaired) electrons. The van der Waals surface area contributed by atoms with Crippen molar-refractivity contribution in [1.29, 1.82) is 0 Å². The van der Waals surface area contributed by atoms with Crippen LogP contribution in [0.1, 0.15) is 54.6 Å². The van der Waals surface area contributed by atoms with Gasteiger partial charge in [-0.3, -0.25) is 4.79 Å². The molecule has 0 N–H and O–H groups in total. The zero-order chi connectivity index (χ0) is 22.6. The van der Waals surface area contributed by atoms with Gasteiger partial charge in [0.25, 0.3) is 5.91 Å². The fraction of sp³-hybridized carbons (Fsp3) is 0.480. The Morgan fingerprint density at radius 3 is 2.44 bits per heavy atom. The van der Waals surface area contributed by atoms with Crippen molar-refractivity contribution in [3.8, 4) is 5.75 Å². The summed E-state index contributed by atoms with van der Waals surface area (Å²) >= 11 is 0. The van der Waals surface area contributed by atoms with Gasteiger partial charge in [0, 0.05) is 38.1 Å². The van der Waals surface area contributed by atoms with Crippen molar-refractivity contribution in [3.05, 3.63) is 65.7 Å². The van der Waals surface area contributed by atoms with E-state index in [9.17, 15) is 13.6 Å². The summed E-state index contributed by atoms with van der Waals surface area (Å²) in [6.45, 7) is 0.949. The summed E-state index contributed by atoms with van der Waals surface area (Å²) in [4.78, 5) is 14.7. The zero-order valence-corrected chi connectivity index (χ0v) is 18.2. The fourth-order valence-corrected chi connectivity index (χ4v) is 4.77. The number of alkyl halides is 2. The molecule has 32 heavy (non-hydrogen) atoms. The molecule has 2 heterocycles. The van der Waals surface area contributed by atoms with Crippen LogP contribution in [0.4, 0.5) is 8.78 Å². The summed E-state index contributed by atoms with van der Waals surface area (Å²) in [5.41, 5.74) is 1.30. The SMILES string of the molecule is CCOC1CC(c2ccccc2)OC2(CCN(C(=O)c3ccc(OC(F)F)cc3)CC2)C1. The molecule has 0 aliphatic carbocycles. The second-order valence-corrected chi connectivity index (χ2v) is 8.41. The zero-order valence-electron chi connectivity index (χ0n) is 18.2. The van der Waals surface area contributed by atoms with Gasteiger partial charge in [-0.05, 0) is 49.6 Å². The molecule has 2 aliphatic rings. The number of likely N-dealkylation sites (tertiary alicyclic amines) is 1. The summed E-state index contributed by atoms with van der Waals surface area (Å²) in [6.07, 6.45) is 3.23. The van der Waals surface area contributed by atoms with Gasteiger partial charge in [-0.15, -0.1) is 0 Å². The molecule has 2 aliphatic heterocycles. The number of ether oxygens (including phenoxy) is 3. The third-order valence-electron chi connectivity index (χ3n) is 6.33. The highest BCUT2D eigenvalue weighted by molar-refractivity contribution is 5.94. The van der Waals surface area contributed by atoms with E-state index in [1.165, 1.54) is 24.3 Å². The van der Waals surface area contributed by atoms with E-state index in [2.05, 4.69) is 16.9 Å². The molecule has 2 aromatic rings. The Balaban J connectivity index is 1.42. The first-order valence-corrected chi connectivity index (χ1v) is 11.2. The minimum absolute atomic E-state index is 0.0221. The summed E-state index contributed by atoms with van der Waals surface area (Å²) in [5.74, 6) is -0.0705. The van der Waals surface area contributed by atoms with Crippen molar-refractivity contribution in [2.24, 2.45) is 0 Å². The van der Waals surface area contributed by atoms with Crippen LogP contribution < -0.4 is 4.74 Å². The van der Waals surface area contributed by atoms with Crippen LogP contribution in [0.2, 0.25) is 0 Å². The second-order valence-electron chi connectivity index (χ2n) is 8.41. The van der Waals surface area contributed by atoms with Gasteiger partial charge in [0.05, 0.1) is 17.8 Å². The molecule has 2 unspecified atom stereocenters. The Bertz CT molecular complexity index is 883. The van der Waals surface area contributed by atoms with Crippen LogP contribution >= 0.6 is 0 Å². The van der Waals surface area contributed by atoms with Gasteiger partial charge in [-0.1, -0.05) is 30.3 Å². The van der Waals surface area contributed by atoms with E-state index in [0.717, 1.165) is 31.2 Å². The average molecular weight is 446 g/mol. The molecular weight excluding hydrogens is 416 g/mol. The number of carbonyl (C=O) groups excluding carboxylic acids is 1. The number of carbonyl (C=O) groups is 1. The van der Waals surface area contributed by atoms with Crippen molar-refractivity contribution in [3.63, 3.8) is 0 Å². The monoisotopic (exact) mass is 445 g/mol. The predicted molar refractivity (Wildman–Crippen MR) is 116 cm³/mol. The van der Waals surface area contributed by atoms with Crippen LogP contribution in [0.15, 0.2) is 54.6 Å². The van der Waals surface area contributed by atoms with E-state index in [0.29, 0.717) is 25.3 Å². The maximum atomic E-state index is 12.9. The molecule has 0 aromatic heterocycles. The summed E-state index contributed by atoms with van der Waals surface area (Å²) in [7, 11) is 0. The Hall–Kier alpha value is -2.51. The first kappa shape index (κ1) is 22.7. The highest BCUT2D eigenvalue weighted by atomic mass is 19.3.